The second-order valence-electron chi connectivity index (χ2n) is 6.82. The van der Waals surface area contributed by atoms with Gasteiger partial charge in [0.1, 0.15) is 6.04 Å². The second-order valence-corrected chi connectivity index (χ2v) is 6.82. The summed E-state index contributed by atoms with van der Waals surface area (Å²) in [6.07, 6.45) is 4.61. The Bertz CT molecular complexity index is 679. The number of hydrogen-bond donors (Lipinski definition) is 2. The van der Waals surface area contributed by atoms with Crippen LogP contribution in [0.3, 0.4) is 0 Å². The highest BCUT2D eigenvalue weighted by Crippen LogP contribution is 2.23. The monoisotopic (exact) mass is 364 g/mol. The third-order valence-electron chi connectivity index (χ3n) is 4.46. The van der Waals surface area contributed by atoms with Gasteiger partial charge in [-0.1, -0.05) is 45.0 Å². The van der Waals surface area contributed by atoms with Crippen molar-refractivity contribution < 1.29 is 4.79 Å². The van der Waals surface area contributed by atoms with Crippen LogP contribution in [0.1, 0.15) is 43.5 Å². The molecule has 1 amide bonds. The van der Waals surface area contributed by atoms with E-state index in [-0.39, 0.29) is 23.7 Å². The van der Waals surface area contributed by atoms with E-state index >= 15 is 0 Å². The fourth-order valence-corrected chi connectivity index (χ4v) is 2.74. The Balaban J connectivity index is 0.00000312. The van der Waals surface area contributed by atoms with Gasteiger partial charge in [-0.05, 0) is 24.6 Å². The molecule has 6 heteroatoms. The van der Waals surface area contributed by atoms with Crippen molar-refractivity contribution in [2.45, 2.75) is 38.6 Å². The Morgan fingerprint density at radius 2 is 1.92 bits per heavy atom. The van der Waals surface area contributed by atoms with Crippen LogP contribution in [0.25, 0.3) is 0 Å². The van der Waals surface area contributed by atoms with Crippen LogP contribution in [0.2, 0.25) is 0 Å². The van der Waals surface area contributed by atoms with E-state index < -0.39 is 6.04 Å². The maximum atomic E-state index is 12.6. The van der Waals surface area contributed by atoms with E-state index in [1.807, 2.05) is 13.2 Å². The first-order valence-electron chi connectivity index (χ1n) is 8.40. The van der Waals surface area contributed by atoms with Gasteiger partial charge in [-0.3, -0.25) is 9.48 Å². The SMILES string of the molecule is CCc1ccc(C(C)(C)CNC(=O)C(NC)c2cnn(C)c2)cc1.Cl. The number of hydrogen-bond acceptors (Lipinski definition) is 3. The zero-order valence-electron chi connectivity index (χ0n) is 15.7. The van der Waals surface area contributed by atoms with E-state index in [0.29, 0.717) is 6.54 Å². The van der Waals surface area contributed by atoms with Crippen LogP contribution >= 0.6 is 12.4 Å². The van der Waals surface area contributed by atoms with Gasteiger partial charge in [0.25, 0.3) is 0 Å². The van der Waals surface area contributed by atoms with Crippen LogP contribution in [0, 0.1) is 0 Å². The quantitative estimate of drug-likeness (QED) is 0.794. The van der Waals surface area contributed by atoms with Gasteiger partial charge in [0.05, 0.1) is 6.20 Å². The fraction of sp³-hybridized carbons (Fsp3) is 0.474. The smallest absolute Gasteiger partial charge is 0.241 e. The predicted octanol–water partition coefficient (Wildman–Crippen LogP) is 2.76. The molecule has 5 nitrogen and oxygen atoms in total. The molecule has 1 aromatic carbocycles. The molecule has 0 saturated carbocycles. The lowest BCUT2D eigenvalue weighted by molar-refractivity contribution is -0.123. The highest BCUT2D eigenvalue weighted by molar-refractivity contribution is 5.85. The van der Waals surface area contributed by atoms with Crippen LogP contribution < -0.4 is 10.6 Å². The van der Waals surface area contributed by atoms with E-state index in [1.165, 1.54) is 11.1 Å². The van der Waals surface area contributed by atoms with Crippen LogP contribution in [0.5, 0.6) is 0 Å². The fourth-order valence-electron chi connectivity index (χ4n) is 2.74. The van der Waals surface area contributed by atoms with Crippen LogP contribution in [-0.4, -0.2) is 29.3 Å². The first kappa shape index (κ1) is 21.2. The molecule has 25 heavy (non-hydrogen) atoms. The number of nitrogens with one attached hydrogen (secondary N) is 2. The molecule has 138 valence electrons. The normalized spacial score (nSPS) is 12.4. The minimum atomic E-state index is -0.392. The minimum Gasteiger partial charge on any atom is -0.354 e. The van der Waals surface area contributed by atoms with Crippen molar-refractivity contribution in [3.05, 3.63) is 53.3 Å². The van der Waals surface area contributed by atoms with Crippen molar-refractivity contribution in [1.29, 1.82) is 0 Å². The molecule has 2 aromatic rings. The van der Waals surface area contributed by atoms with Crippen molar-refractivity contribution in [3.8, 4) is 0 Å². The highest BCUT2D eigenvalue weighted by Gasteiger charge is 2.25. The summed E-state index contributed by atoms with van der Waals surface area (Å²) in [4.78, 5) is 12.6. The van der Waals surface area contributed by atoms with E-state index in [0.717, 1.165) is 12.0 Å². The lowest BCUT2D eigenvalue weighted by Gasteiger charge is -2.27. The summed E-state index contributed by atoms with van der Waals surface area (Å²) in [6, 6.07) is 8.23. The molecule has 0 spiro atoms. The van der Waals surface area contributed by atoms with Gasteiger partial charge >= 0.3 is 0 Å². The number of carbonyl (C=O) groups is 1. The average Bonchev–Trinajstić information content (AvgIpc) is 3.00. The average molecular weight is 365 g/mol. The van der Waals surface area contributed by atoms with Crippen LogP contribution in [0.4, 0.5) is 0 Å². The molecule has 1 heterocycles. The molecule has 0 saturated heterocycles. The van der Waals surface area contributed by atoms with Crippen molar-refractivity contribution in [1.82, 2.24) is 20.4 Å². The minimum absolute atomic E-state index is 0. The topological polar surface area (TPSA) is 59.0 Å². The largest absolute Gasteiger partial charge is 0.354 e. The lowest BCUT2D eigenvalue weighted by Crippen LogP contribution is -2.42. The first-order valence-corrected chi connectivity index (χ1v) is 8.40. The second kappa shape index (κ2) is 9.02. The van der Waals surface area contributed by atoms with E-state index in [4.69, 9.17) is 0 Å². The van der Waals surface area contributed by atoms with Gasteiger partial charge in [0.15, 0.2) is 0 Å². The summed E-state index contributed by atoms with van der Waals surface area (Å²) in [5.74, 6) is -0.0382. The Labute approximate surface area is 156 Å². The molecular weight excluding hydrogens is 336 g/mol. The molecule has 1 aromatic heterocycles. The molecule has 2 rings (SSSR count). The zero-order valence-corrected chi connectivity index (χ0v) is 16.5. The third-order valence-corrected chi connectivity index (χ3v) is 4.46. The molecule has 0 fully saturated rings. The van der Waals surface area contributed by atoms with E-state index in [2.05, 4.69) is 60.8 Å². The predicted molar refractivity (Wildman–Crippen MR) is 104 cm³/mol. The summed E-state index contributed by atoms with van der Waals surface area (Å²) in [5, 5.41) is 10.3. The summed E-state index contributed by atoms with van der Waals surface area (Å²) in [7, 11) is 3.63. The van der Waals surface area contributed by atoms with Gasteiger partial charge < -0.3 is 10.6 Å². The summed E-state index contributed by atoms with van der Waals surface area (Å²) in [5.41, 5.74) is 3.28. The Morgan fingerprint density at radius 3 is 2.40 bits per heavy atom. The highest BCUT2D eigenvalue weighted by atomic mass is 35.5. The summed E-state index contributed by atoms with van der Waals surface area (Å²) >= 11 is 0. The molecule has 1 atom stereocenters. The number of carbonyl (C=O) groups excluding carboxylic acids is 1. The van der Waals surface area contributed by atoms with Gasteiger partial charge in [-0.15, -0.1) is 12.4 Å². The van der Waals surface area contributed by atoms with Gasteiger partial charge in [0, 0.05) is 30.8 Å². The lowest BCUT2D eigenvalue weighted by atomic mass is 9.84. The van der Waals surface area contributed by atoms with Crippen molar-refractivity contribution in [2.75, 3.05) is 13.6 Å². The molecule has 2 N–H and O–H groups in total. The van der Waals surface area contributed by atoms with Crippen LogP contribution in [-0.2, 0) is 23.7 Å². The number of aryl methyl sites for hydroxylation is 2. The van der Waals surface area contributed by atoms with Gasteiger partial charge in [0.2, 0.25) is 5.91 Å². The number of benzene rings is 1. The Morgan fingerprint density at radius 1 is 1.28 bits per heavy atom. The van der Waals surface area contributed by atoms with E-state index in [1.54, 1.807) is 17.9 Å². The van der Waals surface area contributed by atoms with E-state index in [9.17, 15) is 4.79 Å². The Kier molecular flexibility index (Phi) is 7.64. The third kappa shape index (κ3) is 5.31. The first-order chi connectivity index (χ1) is 11.4. The summed E-state index contributed by atoms with van der Waals surface area (Å²) < 4.78 is 1.70. The molecule has 0 bridgehead atoms. The molecular formula is C19H29ClN4O. The van der Waals surface area contributed by atoms with Gasteiger partial charge in [-0.2, -0.15) is 5.10 Å². The molecule has 0 aliphatic carbocycles. The molecule has 1 unspecified atom stereocenters. The van der Waals surface area contributed by atoms with Gasteiger partial charge in [-0.25, -0.2) is 0 Å². The van der Waals surface area contributed by atoms with Crippen molar-refractivity contribution in [2.24, 2.45) is 7.05 Å². The van der Waals surface area contributed by atoms with Crippen LogP contribution in [0.15, 0.2) is 36.7 Å². The Hall–Kier alpha value is -1.85. The molecule has 0 radical (unpaired) electrons. The number of halogens is 1. The number of rotatable bonds is 7. The van der Waals surface area contributed by atoms with Crippen molar-refractivity contribution in [3.63, 3.8) is 0 Å². The maximum Gasteiger partial charge on any atom is 0.241 e. The maximum absolute atomic E-state index is 12.6. The molecule has 0 aliphatic heterocycles. The number of amides is 1. The number of nitrogens with zero attached hydrogens (tertiary/aromatic N) is 2. The summed E-state index contributed by atoms with van der Waals surface area (Å²) in [6.45, 7) is 7.02. The number of likely N-dealkylation sites (N-methyl/N-ethyl adjacent to an activating group) is 1. The standard InChI is InChI=1S/C19H28N4O.ClH/c1-6-14-7-9-16(10-8-14)19(2,3)13-21-18(24)17(20-4)15-11-22-23(5)12-15;/h7-12,17,20H,6,13H2,1-5H3,(H,21,24);1H. The zero-order chi connectivity index (χ0) is 17.7. The number of aromatic nitrogens is 2. The molecule has 0 aliphatic rings. The van der Waals surface area contributed by atoms with Crippen molar-refractivity contribution >= 4 is 18.3 Å².